The number of rotatable bonds is 3. The second kappa shape index (κ2) is 8.23. The summed E-state index contributed by atoms with van der Waals surface area (Å²) < 4.78 is 35.1. The minimum absolute atomic E-state index is 0. The summed E-state index contributed by atoms with van der Waals surface area (Å²) in [4.78, 5) is 25.8. The first-order chi connectivity index (χ1) is 15.2. The van der Waals surface area contributed by atoms with E-state index in [0.717, 1.165) is 0 Å². The monoisotopic (exact) mass is 469 g/mol. The van der Waals surface area contributed by atoms with Gasteiger partial charge >= 0.3 is 0 Å². The van der Waals surface area contributed by atoms with Crippen molar-refractivity contribution in [2.75, 3.05) is 5.32 Å². The fourth-order valence-corrected chi connectivity index (χ4v) is 4.98. The molecule has 1 aliphatic rings. The van der Waals surface area contributed by atoms with E-state index >= 15 is 0 Å². The first-order valence-electron chi connectivity index (χ1n) is 9.83. The number of hydrogen-bond acceptors (Lipinski definition) is 5. The number of carbonyl (C=O) groups is 1. The molecule has 0 amide bonds. The van der Waals surface area contributed by atoms with Crippen molar-refractivity contribution in [3.8, 4) is 11.1 Å². The molecule has 2 N–H and O–H groups in total. The number of nitrogens with one attached hydrogen (secondary N) is 1. The van der Waals surface area contributed by atoms with Crippen molar-refractivity contribution < 1.29 is 17.8 Å². The van der Waals surface area contributed by atoms with Gasteiger partial charge in [-0.15, -0.1) is 0 Å². The number of fused-ring (bicyclic) bond motifs is 2. The van der Waals surface area contributed by atoms with E-state index in [4.69, 9.17) is 0 Å². The van der Waals surface area contributed by atoms with Gasteiger partial charge in [-0.05, 0) is 47.9 Å². The molecule has 3 aromatic carbocycles. The van der Waals surface area contributed by atoms with E-state index in [0.29, 0.717) is 44.4 Å². The molecule has 1 aliphatic carbocycles. The molecule has 0 saturated carbocycles. The van der Waals surface area contributed by atoms with Crippen molar-refractivity contribution in [1.29, 1.82) is 0 Å². The molecule has 0 atom stereocenters. The topological polar surface area (TPSA) is 105 Å². The first kappa shape index (κ1) is 23.4. The third-order valence-corrected chi connectivity index (χ3v) is 6.68. The maximum atomic E-state index is 13.5. The second-order valence-electron chi connectivity index (χ2n) is 7.81. The Balaban J connectivity index is 0.00000259. The molecule has 0 bridgehead atoms. The van der Waals surface area contributed by atoms with Crippen LogP contribution in [0.1, 0.15) is 21.5 Å². The smallest absolute Gasteiger partial charge is 0.296 e. The Hall–Kier alpha value is -2.75. The summed E-state index contributed by atoms with van der Waals surface area (Å²) >= 11 is 0. The number of aryl methyl sites for hydroxylation is 2. The summed E-state index contributed by atoms with van der Waals surface area (Å²) in [6.07, 6.45) is 0. The quantitative estimate of drug-likeness (QED) is 0.309. The molecule has 1 heterocycles. The molecular formula is C24H18N2NaO5S. The molecule has 161 valence electrons. The van der Waals surface area contributed by atoms with Crippen LogP contribution < -0.4 is 10.9 Å². The predicted octanol–water partition coefficient (Wildman–Crippen LogP) is 3.67. The normalized spacial score (nSPS) is 12.3. The van der Waals surface area contributed by atoms with Gasteiger partial charge in [-0.3, -0.25) is 14.1 Å². The minimum Gasteiger partial charge on any atom is -0.354 e. The SMILES string of the molecule is Cc1ccc(Nc2ccc3c4c(cc(=O)n3C)-c3ccccc3C(=O)c24)c(S(=O)(=O)O)c1.[Na]. The predicted molar refractivity (Wildman–Crippen MR) is 128 cm³/mol. The Morgan fingerprint density at radius 3 is 2.24 bits per heavy atom. The summed E-state index contributed by atoms with van der Waals surface area (Å²) in [5, 5.41) is 3.64. The van der Waals surface area contributed by atoms with Gasteiger partial charge < -0.3 is 9.88 Å². The van der Waals surface area contributed by atoms with Crippen molar-refractivity contribution in [2.45, 2.75) is 11.8 Å². The van der Waals surface area contributed by atoms with Crippen molar-refractivity contribution in [3.63, 3.8) is 0 Å². The molecule has 0 saturated heterocycles. The summed E-state index contributed by atoms with van der Waals surface area (Å²) in [7, 11) is -2.86. The molecule has 4 aromatic rings. The van der Waals surface area contributed by atoms with Crippen LogP contribution in [0.3, 0.4) is 0 Å². The third-order valence-electron chi connectivity index (χ3n) is 5.79. The minimum atomic E-state index is -4.50. The van der Waals surface area contributed by atoms with Crippen molar-refractivity contribution in [2.24, 2.45) is 7.05 Å². The molecule has 7 nitrogen and oxygen atoms in total. The van der Waals surface area contributed by atoms with E-state index in [1.807, 2.05) is 6.07 Å². The number of benzene rings is 3. The number of aromatic nitrogens is 1. The van der Waals surface area contributed by atoms with Crippen LogP contribution >= 0.6 is 0 Å². The van der Waals surface area contributed by atoms with Crippen LogP contribution in [0.25, 0.3) is 22.0 Å². The number of anilines is 2. The zero-order chi connectivity index (χ0) is 22.8. The third kappa shape index (κ3) is 3.74. The Bertz CT molecular complexity index is 1640. The van der Waals surface area contributed by atoms with Gasteiger partial charge in [-0.25, -0.2) is 0 Å². The molecule has 9 heteroatoms. The fourth-order valence-electron chi connectivity index (χ4n) is 4.25. The number of hydrogen-bond donors (Lipinski definition) is 2. The number of carbonyl (C=O) groups excluding carboxylic acids is 1. The Morgan fingerprint density at radius 2 is 1.55 bits per heavy atom. The van der Waals surface area contributed by atoms with Crippen molar-refractivity contribution >= 4 is 67.7 Å². The summed E-state index contributed by atoms with van der Waals surface area (Å²) in [6, 6.07) is 16.5. The van der Waals surface area contributed by atoms with Gasteiger partial charge in [0.05, 0.1) is 22.5 Å². The van der Waals surface area contributed by atoms with Gasteiger partial charge in [0.2, 0.25) is 0 Å². The van der Waals surface area contributed by atoms with Crippen LogP contribution in [0, 0.1) is 6.92 Å². The average Bonchev–Trinajstić information content (AvgIpc) is 2.75. The van der Waals surface area contributed by atoms with Gasteiger partial charge in [0, 0.05) is 53.6 Å². The maximum Gasteiger partial charge on any atom is 0.296 e. The number of ketones is 1. The van der Waals surface area contributed by atoms with Gasteiger partial charge in [0.15, 0.2) is 5.78 Å². The largest absolute Gasteiger partial charge is 0.354 e. The van der Waals surface area contributed by atoms with Crippen LogP contribution in [0.5, 0.6) is 0 Å². The average molecular weight is 469 g/mol. The zero-order valence-electron chi connectivity index (χ0n) is 18.2. The van der Waals surface area contributed by atoms with E-state index in [2.05, 4.69) is 5.32 Å². The molecule has 0 spiro atoms. The summed E-state index contributed by atoms with van der Waals surface area (Å²) in [6.45, 7) is 1.71. The fraction of sp³-hybridized carbons (Fsp3) is 0.0833. The van der Waals surface area contributed by atoms with Crippen LogP contribution in [0.4, 0.5) is 11.4 Å². The van der Waals surface area contributed by atoms with Crippen molar-refractivity contribution in [3.05, 3.63) is 87.7 Å². The molecule has 0 unspecified atom stereocenters. The van der Waals surface area contributed by atoms with Crippen molar-refractivity contribution in [1.82, 2.24) is 4.57 Å². The number of nitrogens with zero attached hydrogens (tertiary/aromatic N) is 1. The summed E-state index contributed by atoms with van der Waals surface area (Å²) in [5.41, 5.74) is 3.71. The molecule has 1 aromatic heterocycles. The molecule has 0 fully saturated rings. The van der Waals surface area contributed by atoms with Gasteiger partial charge in [0.25, 0.3) is 15.7 Å². The van der Waals surface area contributed by atoms with Gasteiger partial charge in [0.1, 0.15) is 4.90 Å². The molecular weight excluding hydrogens is 451 g/mol. The summed E-state index contributed by atoms with van der Waals surface area (Å²) in [5.74, 6) is -0.236. The standard InChI is InChI=1S/C24H18N2O5S.Na/c1-13-7-8-17(20(11-13)32(29,30)31)25-18-9-10-19-22-16(12-21(27)26(19)2)14-5-3-4-6-15(14)24(28)23(18)22;/h3-12,25H,1-2H3,(H,29,30,31);. The van der Waals surface area contributed by atoms with E-state index in [-0.39, 0.29) is 51.5 Å². The molecule has 33 heavy (non-hydrogen) atoms. The molecule has 5 rings (SSSR count). The van der Waals surface area contributed by atoms with E-state index in [1.165, 1.54) is 22.8 Å². The Labute approximate surface area is 212 Å². The van der Waals surface area contributed by atoms with Gasteiger partial charge in [-0.1, -0.05) is 30.3 Å². The maximum absolute atomic E-state index is 13.5. The van der Waals surface area contributed by atoms with Gasteiger partial charge in [-0.2, -0.15) is 8.42 Å². The Kier molecular flexibility index (Phi) is 5.84. The molecule has 1 radical (unpaired) electrons. The zero-order valence-corrected chi connectivity index (χ0v) is 21.0. The van der Waals surface area contributed by atoms with E-state index < -0.39 is 10.1 Å². The Morgan fingerprint density at radius 1 is 0.879 bits per heavy atom. The van der Waals surface area contributed by atoms with E-state index in [9.17, 15) is 22.6 Å². The number of pyridine rings is 1. The van der Waals surface area contributed by atoms with Crippen LogP contribution in [-0.4, -0.2) is 52.9 Å². The van der Waals surface area contributed by atoms with Crippen LogP contribution in [-0.2, 0) is 17.2 Å². The first-order valence-corrected chi connectivity index (χ1v) is 11.3. The van der Waals surface area contributed by atoms with Crippen LogP contribution in [0.2, 0.25) is 0 Å². The van der Waals surface area contributed by atoms with Crippen LogP contribution in [0.15, 0.2) is 70.4 Å². The second-order valence-corrected chi connectivity index (χ2v) is 9.20. The van der Waals surface area contributed by atoms with E-state index in [1.54, 1.807) is 50.4 Å². The molecule has 0 aliphatic heterocycles.